The summed E-state index contributed by atoms with van der Waals surface area (Å²) in [5, 5.41) is 16.3. The fraction of sp³-hybridized carbons (Fsp3) is 0. The van der Waals surface area contributed by atoms with Crippen molar-refractivity contribution in [1.82, 2.24) is 0 Å². The van der Waals surface area contributed by atoms with Gasteiger partial charge < -0.3 is 24.2 Å². The average molecular weight is 568 g/mol. The van der Waals surface area contributed by atoms with Gasteiger partial charge in [-0.15, -0.1) is 0 Å². The fourth-order valence-corrected chi connectivity index (χ4v) is 3.02. The van der Waals surface area contributed by atoms with Gasteiger partial charge in [0.15, 0.2) is 5.75 Å². The van der Waals surface area contributed by atoms with Crippen molar-refractivity contribution >= 4 is 7.32 Å². The van der Waals surface area contributed by atoms with Crippen LogP contribution in [0.1, 0.15) is 0 Å². The molecule has 41 heavy (non-hydrogen) atoms. The maximum Gasteiger partial charge on any atom is 0.707 e. The molecule has 0 amide bonds. The molecule has 0 heterocycles. The van der Waals surface area contributed by atoms with Crippen LogP contribution in [-0.4, -0.2) is 17.4 Å². The molecule has 0 saturated carbocycles. The van der Waals surface area contributed by atoms with E-state index in [0.717, 1.165) is 23.0 Å². The molecule has 0 aliphatic rings. The zero-order chi connectivity index (χ0) is 29.6. The van der Waals surface area contributed by atoms with Gasteiger partial charge in [-0.25, -0.2) is 13.2 Å². The Kier molecular flexibility index (Phi) is 11.7. The molecular weight excluding hydrogens is 546 g/mol. The van der Waals surface area contributed by atoms with Crippen LogP contribution in [-0.2, 0) is 0 Å². The van der Waals surface area contributed by atoms with Gasteiger partial charge in [-0.3, -0.25) is 0 Å². The lowest BCUT2D eigenvalue weighted by Crippen LogP contribution is -2.23. The Morgan fingerprint density at radius 1 is 0.390 bits per heavy atom. The molecule has 210 valence electrons. The normalized spacial score (nSPS) is 9.83. The lowest BCUT2D eigenvalue weighted by molar-refractivity contribution is 0.263. The second-order valence-electron chi connectivity index (χ2n) is 7.80. The van der Waals surface area contributed by atoms with Crippen molar-refractivity contribution in [2.45, 2.75) is 0 Å². The maximum absolute atomic E-state index is 12.7. The first-order valence-corrected chi connectivity index (χ1v) is 11.9. The highest BCUT2D eigenvalue weighted by atomic mass is 19.2. The van der Waals surface area contributed by atoms with Gasteiger partial charge in [-0.1, -0.05) is 72.8 Å². The Labute approximate surface area is 232 Å². The van der Waals surface area contributed by atoms with Crippen LogP contribution in [0.5, 0.6) is 28.7 Å². The predicted octanol–water partition coefficient (Wildman–Crippen LogP) is 7.69. The fourth-order valence-electron chi connectivity index (χ4n) is 3.02. The van der Waals surface area contributed by atoms with Crippen molar-refractivity contribution in [2.75, 3.05) is 0 Å². The number of halogens is 5. The molecule has 2 N–H and O–H groups in total. The van der Waals surface area contributed by atoms with Crippen LogP contribution in [0.3, 0.4) is 0 Å². The second kappa shape index (κ2) is 15.7. The minimum absolute atomic E-state index is 0.869. The zero-order valence-electron chi connectivity index (χ0n) is 21.1. The topological polar surface area (TPSA) is 68.2 Å². The van der Waals surface area contributed by atoms with E-state index in [9.17, 15) is 22.0 Å². The molecule has 0 fully saturated rings. The first-order chi connectivity index (χ1) is 19.8. The quantitative estimate of drug-likeness (QED) is 0.0952. The molecule has 0 aromatic heterocycles. The van der Waals surface area contributed by atoms with Crippen LogP contribution in [0.25, 0.3) is 0 Å². The number of hydrogen-bond acceptors (Lipinski definition) is 5. The van der Waals surface area contributed by atoms with Crippen LogP contribution in [0, 0.1) is 29.1 Å². The van der Waals surface area contributed by atoms with Gasteiger partial charge in [-0.2, -0.15) is 8.78 Å². The molecule has 0 unspecified atom stereocenters. The van der Waals surface area contributed by atoms with E-state index in [4.69, 9.17) is 19.5 Å². The Balaban J connectivity index is 0.000000170. The summed E-state index contributed by atoms with van der Waals surface area (Å²) in [7, 11) is -2.70. The molecule has 5 aromatic carbocycles. The minimum Gasteiger partial charge on any atom is -0.507 e. The number of hydrogen-bond donors (Lipinski definition) is 2. The van der Waals surface area contributed by atoms with Gasteiger partial charge >= 0.3 is 7.32 Å². The molecule has 0 bridgehead atoms. The smallest absolute Gasteiger partial charge is 0.507 e. The highest BCUT2D eigenvalue weighted by molar-refractivity contribution is 6.33. The van der Waals surface area contributed by atoms with E-state index in [1.807, 2.05) is 121 Å². The lowest BCUT2D eigenvalue weighted by atomic mass is 10.2. The molecule has 0 spiro atoms. The Morgan fingerprint density at radius 3 is 0.878 bits per heavy atom. The summed E-state index contributed by atoms with van der Waals surface area (Å²) in [6.45, 7) is 0. The maximum atomic E-state index is 12.7. The van der Waals surface area contributed by atoms with E-state index in [0.29, 0.717) is 0 Å². The van der Waals surface area contributed by atoms with E-state index in [1.54, 1.807) is 0 Å². The first-order valence-electron chi connectivity index (χ1n) is 11.9. The SMILES string of the molecule is OB(O)Oc1c(F)c(F)c(F)c(F)c1F.c1ccc(Oc2ccccc2)cc1.c1ccc(Oc2ccccc2)cc1. The molecule has 0 atom stereocenters. The Hall–Kier alpha value is -4.87. The minimum atomic E-state index is -2.70. The molecule has 5 nitrogen and oxygen atoms in total. The van der Waals surface area contributed by atoms with Crippen LogP contribution in [0.15, 0.2) is 121 Å². The van der Waals surface area contributed by atoms with Crippen molar-refractivity contribution in [3.05, 3.63) is 150 Å². The zero-order valence-corrected chi connectivity index (χ0v) is 21.1. The third-order valence-corrected chi connectivity index (χ3v) is 4.84. The molecular formula is C30H22BF5O5. The van der Waals surface area contributed by atoms with Crippen LogP contribution in [0.4, 0.5) is 22.0 Å². The molecule has 0 aliphatic heterocycles. The highest BCUT2D eigenvalue weighted by Crippen LogP contribution is 2.29. The van der Waals surface area contributed by atoms with E-state index >= 15 is 0 Å². The summed E-state index contributed by atoms with van der Waals surface area (Å²) < 4.78 is 77.5. The summed E-state index contributed by atoms with van der Waals surface area (Å²) in [5.74, 6) is -9.65. The summed E-state index contributed by atoms with van der Waals surface area (Å²) in [4.78, 5) is 0. The van der Waals surface area contributed by atoms with Crippen molar-refractivity contribution in [2.24, 2.45) is 0 Å². The van der Waals surface area contributed by atoms with Gasteiger partial charge in [0.1, 0.15) is 23.0 Å². The molecule has 11 heteroatoms. The van der Waals surface area contributed by atoms with Crippen LogP contribution in [0.2, 0.25) is 0 Å². The van der Waals surface area contributed by atoms with E-state index in [1.165, 1.54) is 0 Å². The lowest BCUT2D eigenvalue weighted by Gasteiger charge is -2.08. The number of rotatable bonds is 6. The van der Waals surface area contributed by atoms with E-state index < -0.39 is 42.2 Å². The molecule has 0 aliphatic carbocycles. The molecule has 5 rings (SSSR count). The predicted molar refractivity (Wildman–Crippen MR) is 143 cm³/mol. The van der Waals surface area contributed by atoms with Crippen molar-refractivity contribution in [3.63, 3.8) is 0 Å². The van der Waals surface area contributed by atoms with Gasteiger partial charge in [0.25, 0.3) is 0 Å². The third kappa shape index (κ3) is 9.68. The van der Waals surface area contributed by atoms with Crippen molar-refractivity contribution in [3.8, 4) is 28.7 Å². The third-order valence-electron chi connectivity index (χ3n) is 4.84. The van der Waals surface area contributed by atoms with Gasteiger partial charge in [0.2, 0.25) is 29.1 Å². The highest BCUT2D eigenvalue weighted by Gasteiger charge is 2.29. The summed E-state index contributed by atoms with van der Waals surface area (Å²) in [6.07, 6.45) is 0. The van der Waals surface area contributed by atoms with Gasteiger partial charge in [0, 0.05) is 0 Å². The monoisotopic (exact) mass is 568 g/mol. The largest absolute Gasteiger partial charge is 0.707 e. The number of ether oxygens (including phenoxy) is 2. The number of benzene rings is 5. The van der Waals surface area contributed by atoms with Crippen molar-refractivity contribution in [1.29, 1.82) is 0 Å². The summed E-state index contributed by atoms with van der Waals surface area (Å²) in [6, 6.07) is 39.0. The van der Waals surface area contributed by atoms with E-state index in [-0.39, 0.29) is 0 Å². The standard InChI is InChI=1S/2C12H10O.C6H2BF5O3/c2*1-3-7-11(8-4-1)13-12-9-5-2-6-10-12;8-1-2(9)4(11)6(15-7(13)14)5(12)3(1)10/h2*1-10H;13-14H. The van der Waals surface area contributed by atoms with Gasteiger partial charge in [0.05, 0.1) is 0 Å². The van der Waals surface area contributed by atoms with Crippen LogP contribution >= 0.6 is 0 Å². The van der Waals surface area contributed by atoms with E-state index in [2.05, 4.69) is 4.65 Å². The Morgan fingerprint density at radius 2 is 0.634 bits per heavy atom. The van der Waals surface area contributed by atoms with Gasteiger partial charge in [-0.05, 0) is 48.5 Å². The molecule has 0 radical (unpaired) electrons. The average Bonchev–Trinajstić information content (AvgIpc) is 3.00. The van der Waals surface area contributed by atoms with Crippen molar-refractivity contribution < 1.29 is 46.1 Å². The molecule has 5 aromatic rings. The summed E-state index contributed by atoms with van der Waals surface area (Å²) >= 11 is 0. The number of para-hydroxylation sites is 4. The summed E-state index contributed by atoms with van der Waals surface area (Å²) in [5.41, 5.74) is 0. The second-order valence-corrected chi connectivity index (χ2v) is 7.80. The Bertz CT molecular complexity index is 1300. The molecule has 0 saturated heterocycles. The first kappa shape index (κ1) is 30.7. The van der Waals surface area contributed by atoms with Crippen LogP contribution < -0.4 is 14.1 Å².